The summed E-state index contributed by atoms with van der Waals surface area (Å²) in [5.41, 5.74) is 2.88. The van der Waals surface area contributed by atoms with Gasteiger partial charge < -0.3 is 20.1 Å². The molecular weight excluding hydrogens is 468 g/mol. The molecule has 0 fully saturated rings. The average molecular weight is 491 g/mol. The minimum Gasteiger partial charge on any atom is -0.467 e. The van der Waals surface area contributed by atoms with E-state index in [0.717, 1.165) is 29.4 Å². The molecule has 1 aromatic carbocycles. The molecule has 2 aromatic rings. The van der Waals surface area contributed by atoms with Crippen LogP contribution < -0.4 is 15.4 Å². The fourth-order valence-electron chi connectivity index (χ4n) is 2.73. The number of nitrogens with one attached hydrogen (secondary N) is 2. The smallest absolute Gasteiger partial charge is 0.191 e. The minimum atomic E-state index is -0.265. The van der Waals surface area contributed by atoms with Crippen LogP contribution in [0.2, 0.25) is 0 Å². The van der Waals surface area contributed by atoms with Crippen LogP contribution in [-0.4, -0.2) is 26.3 Å². The zero-order valence-corrected chi connectivity index (χ0v) is 17.9. The number of aliphatic imine (C=N–C) groups is 1. The summed E-state index contributed by atoms with van der Waals surface area (Å²) in [6.07, 6.45) is 0.638. The van der Waals surface area contributed by atoms with E-state index in [-0.39, 0.29) is 36.6 Å². The van der Waals surface area contributed by atoms with E-state index in [1.807, 2.05) is 0 Å². The number of hydrogen-bond donors (Lipinski definition) is 2. The zero-order chi connectivity index (χ0) is 17.6. The summed E-state index contributed by atoms with van der Waals surface area (Å²) in [6.45, 7) is 4.06. The normalized spacial score (nSPS) is 13.4. The maximum atomic E-state index is 13.8. The van der Waals surface area contributed by atoms with Gasteiger partial charge >= 0.3 is 0 Å². The number of benzene rings is 1. The van der Waals surface area contributed by atoms with Crippen LogP contribution in [0.3, 0.4) is 0 Å². The summed E-state index contributed by atoms with van der Waals surface area (Å²) in [7, 11) is 1.74. The highest BCUT2D eigenvalue weighted by Crippen LogP contribution is 2.29. The molecule has 0 spiro atoms. The largest absolute Gasteiger partial charge is 0.467 e. The van der Waals surface area contributed by atoms with Crippen molar-refractivity contribution in [1.82, 2.24) is 10.6 Å². The summed E-state index contributed by atoms with van der Waals surface area (Å²) in [4.78, 5) is 5.51. The Hall–Kier alpha value is -1.39. The van der Waals surface area contributed by atoms with Crippen molar-refractivity contribution in [3.05, 3.63) is 51.0 Å². The van der Waals surface area contributed by atoms with Crippen LogP contribution in [0.25, 0.3) is 0 Å². The van der Waals surface area contributed by atoms with Gasteiger partial charge in [0.2, 0.25) is 0 Å². The van der Waals surface area contributed by atoms with Crippen molar-refractivity contribution in [3.8, 4) is 5.75 Å². The second-order valence-electron chi connectivity index (χ2n) is 5.79. The lowest BCUT2D eigenvalue weighted by Gasteiger charge is -2.21. The second-order valence-corrected chi connectivity index (χ2v) is 6.79. The van der Waals surface area contributed by atoms with E-state index in [0.29, 0.717) is 19.6 Å². The summed E-state index contributed by atoms with van der Waals surface area (Å²) >= 11 is 1.72. The van der Waals surface area contributed by atoms with Gasteiger partial charge in [-0.15, -0.1) is 35.3 Å². The SMILES string of the molecule is CN=C(NCCc1cc(F)cc2c1OCOC2)NCc1sccc1C.I. The summed E-state index contributed by atoms with van der Waals surface area (Å²) < 4.78 is 24.5. The number of nitrogens with zero attached hydrogens (tertiary/aromatic N) is 1. The third-order valence-electron chi connectivity index (χ3n) is 4.05. The molecule has 142 valence electrons. The minimum absolute atomic E-state index is 0. The van der Waals surface area contributed by atoms with Gasteiger partial charge in [0.05, 0.1) is 13.2 Å². The van der Waals surface area contributed by atoms with Crippen LogP contribution in [0, 0.1) is 12.7 Å². The third kappa shape index (κ3) is 5.31. The molecule has 1 aliphatic heterocycles. The highest BCUT2D eigenvalue weighted by Gasteiger charge is 2.16. The standard InChI is InChI=1S/C18H22FN3O2S.HI/c1-12-4-6-25-16(12)9-22-18(20-2)21-5-3-13-7-15(19)8-14-10-23-11-24-17(13)14;/h4,6-8H,3,5,9-11H2,1-2H3,(H2,20,21,22);1H. The van der Waals surface area contributed by atoms with Crippen LogP contribution in [0.4, 0.5) is 4.39 Å². The Morgan fingerprint density at radius 3 is 2.92 bits per heavy atom. The maximum Gasteiger partial charge on any atom is 0.191 e. The van der Waals surface area contributed by atoms with Crippen molar-refractivity contribution in [2.24, 2.45) is 4.99 Å². The molecule has 0 atom stereocenters. The Morgan fingerprint density at radius 1 is 1.35 bits per heavy atom. The first-order valence-electron chi connectivity index (χ1n) is 8.16. The van der Waals surface area contributed by atoms with Gasteiger partial charge in [-0.2, -0.15) is 0 Å². The Labute approximate surface area is 174 Å². The van der Waals surface area contributed by atoms with Crippen molar-refractivity contribution in [2.45, 2.75) is 26.5 Å². The molecule has 0 bridgehead atoms. The molecule has 5 nitrogen and oxygen atoms in total. The predicted octanol–water partition coefficient (Wildman–Crippen LogP) is 3.59. The molecule has 8 heteroatoms. The number of rotatable bonds is 5. The van der Waals surface area contributed by atoms with Gasteiger partial charge in [0.1, 0.15) is 11.6 Å². The first kappa shape index (κ1) is 20.9. The molecule has 3 rings (SSSR count). The monoisotopic (exact) mass is 491 g/mol. The van der Waals surface area contributed by atoms with Crippen molar-refractivity contribution in [2.75, 3.05) is 20.4 Å². The molecule has 1 aliphatic rings. The third-order valence-corrected chi connectivity index (χ3v) is 5.07. The van der Waals surface area contributed by atoms with Gasteiger partial charge in [-0.3, -0.25) is 4.99 Å². The highest BCUT2D eigenvalue weighted by atomic mass is 127. The lowest BCUT2D eigenvalue weighted by Crippen LogP contribution is -2.37. The maximum absolute atomic E-state index is 13.8. The predicted molar refractivity (Wildman–Crippen MR) is 113 cm³/mol. The van der Waals surface area contributed by atoms with Crippen LogP contribution >= 0.6 is 35.3 Å². The topological polar surface area (TPSA) is 54.9 Å². The van der Waals surface area contributed by atoms with E-state index in [1.54, 1.807) is 18.4 Å². The number of hydrogen-bond acceptors (Lipinski definition) is 4. The van der Waals surface area contributed by atoms with Gasteiger partial charge in [-0.25, -0.2) is 4.39 Å². The molecule has 0 saturated carbocycles. The lowest BCUT2D eigenvalue weighted by atomic mass is 10.1. The molecule has 0 saturated heterocycles. The number of fused-ring (bicyclic) bond motifs is 1. The van der Waals surface area contributed by atoms with Crippen LogP contribution in [0.5, 0.6) is 5.75 Å². The van der Waals surface area contributed by atoms with Gasteiger partial charge in [-0.1, -0.05) is 0 Å². The van der Waals surface area contributed by atoms with E-state index in [9.17, 15) is 4.39 Å². The first-order chi connectivity index (χ1) is 12.2. The van der Waals surface area contributed by atoms with E-state index < -0.39 is 0 Å². The number of guanidine groups is 1. The van der Waals surface area contributed by atoms with Gasteiger partial charge in [-0.05, 0) is 48.1 Å². The first-order valence-corrected chi connectivity index (χ1v) is 9.04. The Balaban J connectivity index is 0.00000243. The summed E-state index contributed by atoms with van der Waals surface area (Å²) in [5, 5.41) is 8.64. The quantitative estimate of drug-likeness (QED) is 0.382. The Morgan fingerprint density at radius 2 is 2.19 bits per heavy atom. The average Bonchev–Trinajstić information content (AvgIpc) is 3.02. The molecule has 2 N–H and O–H groups in total. The molecule has 0 radical (unpaired) electrons. The summed E-state index contributed by atoms with van der Waals surface area (Å²) in [5.74, 6) is 1.20. The Kier molecular flexibility index (Phi) is 8.11. The fraction of sp³-hybridized carbons (Fsp3) is 0.389. The number of aryl methyl sites for hydroxylation is 1. The molecule has 26 heavy (non-hydrogen) atoms. The molecule has 0 unspecified atom stereocenters. The molecule has 1 aromatic heterocycles. The Bertz CT molecular complexity index is 767. The van der Waals surface area contributed by atoms with E-state index >= 15 is 0 Å². The number of ether oxygens (including phenoxy) is 2. The molecule has 0 amide bonds. The summed E-state index contributed by atoms with van der Waals surface area (Å²) in [6, 6.07) is 5.10. The second kappa shape index (κ2) is 10.1. The van der Waals surface area contributed by atoms with Crippen molar-refractivity contribution >= 4 is 41.3 Å². The van der Waals surface area contributed by atoms with Crippen molar-refractivity contribution in [3.63, 3.8) is 0 Å². The zero-order valence-electron chi connectivity index (χ0n) is 14.8. The van der Waals surface area contributed by atoms with Crippen LogP contribution in [0.1, 0.15) is 21.6 Å². The van der Waals surface area contributed by atoms with E-state index in [2.05, 4.69) is 34.0 Å². The van der Waals surface area contributed by atoms with Gasteiger partial charge in [0.15, 0.2) is 12.8 Å². The van der Waals surface area contributed by atoms with Gasteiger partial charge in [0.25, 0.3) is 0 Å². The van der Waals surface area contributed by atoms with Gasteiger partial charge in [0, 0.05) is 24.0 Å². The number of thiophene rings is 1. The number of halogens is 2. The highest BCUT2D eigenvalue weighted by molar-refractivity contribution is 14.0. The van der Waals surface area contributed by atoms with Crippen LogP contribution in [-0.2, 0) is 24.3 Å². The molecule has 2 heterocycles. The lowest BCUT2D eigenvalue weighted by molar-refractivity contribution is -0.0172. The van der Waals surface area contributed by atoms with E-state index in [1.165, 1.54) is 22.6 Å². The molecular formula is C18H23FIN3O2S. The van der Waals surface area contributed by atoms with Crippen LogP contribution in [0.15, 0.2) is 28.6 Å². The van der Waals surface area contributed by atoms with Crippen molar-refractivity contribution < 1.29 is 13.9 Å². The fourth-order valence-corrected chi connectivity index (χ4v) is 3.57. The van der Waals surface area contributed by atoms with Crippen molar-refractivity contribution in [1.29, 1.82) is 0 Å². The van der Waals surface area contributed by atoms with E-state index in [4.69, 9.17) is 9.47 Å². The molecule has 0 aliphatic carbocycles.